The van der Waals surface area contributed by atoms with E-state index in [-0.39, 0.29) is 11.9 Å². The first kappa shape index (κ1) is 15.1. The van der Waals surface area contributed by atoms with Crippen molar-refractivity contribution < 1.29 is 14.3 Å². The van der Waals surface area contributed by atoms with Gasteiger partial charge in [0.15, 0.2) is 11.5 Å². The number of hydrogen-bond donors (Lipinski definition) is 0. The van der Waals surface area contributed by atoms with Crippen molar-refractivity contribution >= 4 is 5.91 Å². The summed E-state index contributed by atoms with van der Waals surface area (Å²) >= 11 is 0. The highest BCUT2D eigenvalue weighted by Crippen LogP contribution is 2.35. The van der Waals surface area contributed by atoms with Crippen LogP contribution in [-0.2, 0) is 6.54 Å². The maximum absolute atomic E-state index is 13.1. The molecule has 6 nitrogen and oxygen atoms in total. The molecule has 2 aliphatic rings. The van der Waals surface area contributed by atoms with Crippen LogP contribution in [0.1, 0.15) is 28.8 Å². The first-order chi connectivity index (χ1) is 11.7. The lowest BCUT2D eigenvalue weighted by Gasteiger charge is -2.27. The number of fused-ring (bicyclic) bond motifs is 1. The summed E-state index contributed by atoms with van der Waals surface area (Å²) in [6.07, 6.45) is 5.88. The monoisotopic (exact) mass is 327 g/mol. The average molecular weight is 327 g/mol. The van der Waals surface area contributed by atoms with Crippen LogP contribution < -0.4 is 9.47 Å². The highest BCUT2D eigenvalue weighted by atomic mass is 16.6. The zero-order chi connectivity index (χ0) is 16.5. The summed E-state index contributed by atoms with van der Waals surface area (Å²) in [5, 5.41) is 4.35. The van der Waals surface area contributed by atoms with Crippen molar-refractivity contribution in [2.45, 2.75) is 32.4 Å². The molecule has 3 heterocycles. The van der Waals surface area contributed by atoms with Crippen LogP contribution in [-0.4, -0.2) is 46.4 Å². The average Bonchev–Trinajstić information content (AvgIpc) is 3.23. The molecule has 1 saturated heterocycles. The Kier molecular flexibility index (Phi) is 3.88. The van der Waals surface area contributed by atoms with Gasteiger partial charge in [0.2, 0.25) is 0 Å². The van der Waals surface area contributed by atoms with E-state index >= 15 is 0 Å². The van der Waals surface area contributed by atoms with E-state index in [1.807, 2.05) is 47.1 Å². The fourth-order valence-electron chi connectivity index (χ4n) is 3.47. The van der Waals surface area contributed by atoms with Gasteiger partial charge in [-0.1, -0.05) is 6.07 Å². The number of ether oxygens (including phenoxy) is 2. The van der Waals surface area contributed by atoms with Crippen LogP contribution in [0.2, 0.25) is 0 Å². The van der Waals surface area contributed by atoms with Crippen LogP contribution in [0.3, 0.4) is 0 Å². The predicted octanol–water partition coefficient (Wildman–Crippen LogP) is 2.27. The fourth-order valence-corrected chi connectivity index (χ4v) is 3.47. The zero-order valence-electron chi connectivity index (χ0n) is 13.8. The van der Waals surface area contributed by atoms with E-state index in [0.717, 1.165) is 31.5 Å². The van der Waals surface area contributed by atoms with E-state index in [4.69, 9.17) is 9.47 Å². The van der Waals surface area contributed by atoms with Crippen LogP contribution in [0.5, 0.6) is 11.5 Å². The molecule has 1 fully saturated rings. The van der Waals surface area contributed by atoms with Gasteiger partial charge in [0.1, 0.15) is 13.2 Å². The standard InChI is InChI=1S/C18H21N3O3/c1-13-10-19-20(11-13)12-14-4-3-7-21(14)18(22)15-5-2-6-16-17(15)24-9-8-23-16/h2,5-6,10-11,14H,3-4,7-9,12H2,1H3. The molecular weight excluding hydrogens is 306 g/mol. The Morgan fingerprint density at radius 1 is 1.33 bits per heavy atom. The van der Waals surface area contributed by atoms with E-state index < -0.39 is 0 Å². The summed E-state index contributed by atoms with van der Waals surface area (Å²) in [4.78, 5) is 15.0. The maximum atomic E-state index is 13.1. The molecule has 1 aromatic carbocycles. The van der Waals surface area contributed by atoms with E-state index in [1.54, 1.807) is 0 Å². The first-order valence-corrected chi connectivity index (χ1v) is 8.41. The third-order valence-electron chi connectivity index (χ3n) is 4.59. The van der Waals surface area contributed by atoms with E-state index in [0.29, 0.717) is 30.3 Å². The molecule has 0 bridgehead atoms. The lowest BCUT2D eigenvalue weighted by atomic mass is 10.1. The van der Waals surface area contributed by atoms with E-state index in [2.05, 4.69) is 5.10 Å². The summed E-state index contributed by atoms with van der Waals surface area (Å²) in [6.45, 7) is 4.53. The Hall–Kier alpha value is -2.50. The molecule has 4 rings (SSSR count). The second kappa shape index (κ2) is 6.19. The smallest absolute Gasteiger partial charge is 0.258 e. The topological polar surface area (TPSA) is 56.6 Å². The predicted molar refractivity (Wildman–Crippen MR) is 88.5 cm³/mol. The van der Waals surface area contributed by atoms with E-state index in [9.17, 15) is 4.79 Å². The summed E-state index contributed by atoms with van der Waals surface area (Å²) in [6, 6.07) is 5.68. The number of aromatic nitrogens is 2. The van der Waals surface area contributed by atoms with Gasteiger partial charge in [0.25, 0.3) is 5.91 Å². The quantitative estimate of drug-likeness (QED) is 0.868. The van der Waals surface area contributed by atoms with Gasteiger partial charge < -0.3 is 14.4 Å². The number of nitrogens with zero attached hydrogens (tertiary/aromatic N) is 3. The number of rotatable bonds is 3. The van der Waals surface area contributed by atoms with Crippen molar-refractivity contribution in [3.8, 4) is 11.5 Å². The number of carbonyl (C=O) groups excluding carboxylic acids is 1. The van der Waals surface area contributed by atoms with Gasteiger partial charge in [-0.3, -0.25) is 9.48 Å². The van der Waals surface area contributed by atoms with Crippen LogP contribution in [0.15, 0.2) is 30.6 Å². The highest BCUT2D eigenvalue weighted by Gasteiger charge is 2.32. The van der Waals surface area contributed by atoms with Gasteiger partial charge in [0.05, 0.1) is 24.3 Å². The highest BCUT2D eigenvalue weighted by molar-refractivity contribution is 5.98. The molecule has 0 saturated carbocycles. The molecule has 1 unspecified atom stereocenters. The Balaban J connectivity index is 1.57. The summed E-state index contributed by atoms with van der Waals surface area (Å²) in [7, 11) is 0. The van der Waals surface area contributed by atoms with Gasteiger partial charge in [-0.15, -0.1) is 0 Å². The third-order valence-corrected chi connectivity index (χ3v) is 4.59. The van der Waals surface area contributed by atoms with Gasteiger partial charge in [-0.25, -0.2) is 0 Å². The molecule has 24 heavy (non-hydrogen) atoms. The Morgan fingerprint density at radius 3 is 3.04 bits per heavy atom. The van der Waals surface area contributed by atoms with Gasteiger partial charge in [-0.05, 0) is 37.5 Å². The molecule has 0 N–H and O–H groups in total. The molecule has 0 aliphatic carbocycles. The third kappa shape index (κ3) is 2.72. The van der Waals surface area contributed by atoms with Crippen LogP contribution in [0, 0.1) is 6.92 Å². The number of carbonyl (C=O) groups is 1. The summed E-state index contributed by atoms with van der Waals surface area (Å²) < 4.78 is 13.2. The summed E-state index contributed by atoms with van der Waals surface area (Å²) in [5.74, 6) is 1.25. The second-order valence-corrected chi connectivity index (χ2v) is 6.36. The molecule has 126 valence electrons. The van der Waals surface area contributed by atoms with Crippen molar-refractivity contribution in [3.05, 3.63) is 41.7 Å². The zero-order valence-corrected chi connectivity index (χ0v) is 13.8. The number of para-hydroxylation sites is 1. The van der Waals surface area contributed by atoms with Crippen molar-refractivity contribution in [3.63, 3.8) is 0 Å². The fraction of sp³-hybridized carbons (Fsp3) is 0.444. The normalized spacial score (nSPS) is 19.5. The van der Waals surface area contributed by atoms with E-state index in [1.165, 1.54) is 0 Å². The number of hydrogen-bond acceptors (Lipinski definition) is 4. The van der Waals surface area contributed by atoms with Crippen LogP contribution in [0.25, 0.3) is 0 Å². The van der Waals surface area contributed by atoms with Crippen molar-refractivity contribution in [1.29, 1.82) is 0 Å². The molecule has 0 spiro atoms. The van der Waals surface area contributed by atoms with Gasteiger partial charge in [0, 0.05) is 12.7 Å². The molecule has 1 amide bonds. The minimum absolute atomic E-state index is 0.0173. The molecule has 6 heteroatoms. The molecule has 1 aromatic heterocycles. The lowest BCUT2D eigenvalue weighted by molar-refractivity contribution is 0.0711. The first-order valence-electron chi connectivity index (χ1n) is 8.41. The van der Waals surface area contributed by atoms with Gasteiger partial charge >= 0.3 is 0 Å². The number of aryl methyl sites for hydroxylation is 1. The number of amides is 1. The minimum Gasteiger partial charge on any atom is -0.486 e. The molecular formula is C18H21N3O3. The largest absolute Gasteiger partial charge is 0.486 e. The number of likely N-dealkylation sites (tertiary alicyclic amines) is 1. The number of benzene rings is 1. The van der Waals surface area contributed by atoms with Crippen LogP contribution in [0.4, 0.5) is 0 Å². The maximum Gasteiger partial charge on any atom is 0.258 e. The van der Waals surface area contributed by atoms with Crippen LogP contribution >= 0.6 is 0 Å². The minimum atomic E-state index is 0.0173. The SMILES string of the molecule is Cc1cnn(CC2CCCN2C(=O)c2cccc3c2OCCO3)c1. The molecule has 0 radical (unpaired) electrons. The Bertz CT molecular complexity index is 756. The van der Waals surface area contributed by atoms with Crippen molar-refractivity contribution in [2.75, 3.05) is 19.8 Å². The van der Waals surface area contributed by atoms with Crippen molar-refractivity contribution in [1.82, 2.24) is 14.7 Å². The molecule has 2 aromatic rings. The Morgan fingerprint density at radius 2 is 2.21 bits per heavy atom. The lowest BCUT2D eigenvalue weighted by Crippen LogP contribution is -2.38. The molecule has 1 atom stereocenters. The summed E-state index contributed by atoms with van der Waals surface area (Å²) in [5.41, 5.74) is 1.73. The van der Waals surface area contributed by atoms with Gasteiger partial charge in [-0.2, -0.15) is 5.10 Å². The second-order valence-electron chi connectivity index (χ2n) is 6.36. The molecule has 2 aliphatic heterocycles. The Labute approximate surface area is 141 Å². The van der Waals surface area contributed by atoms with Crippen molar-refractivity contribution in [2.24, 2.45) is 0 Å².